The molecule has 2 saturated carbocycles. The van der Waals surface area contributed by atoms with Crippen LogP contribution < -0.4 is 10.9 Å². The molecule has 0 saturated heterocycles. The highest BCUT2D eigenvalue weighted by Gasteiger charge is 2.43. The van der Waals surface area contributed by atoms with E-state index in [1.807, 2.05) is 18.4 Å². The van der Waals surface area contributed by atoms with E-state index in [4.69, 9.17) is 4.98 Å². The number of rotatable bonds is 6. The standard InChI is InChI=1S/C21H26N4O2S2/c1-12-13(2)29-18-17(12)19(27)25(15-6-4-5-7-15)20(23-18)28-10-16(26)24-21(3,11-22)14-8-9-14/h14-15H,4-10H2,1-3H3,(H,24,26). The number of carbonyl (C=O) groups is 1. The van der Waals surface area contributed by atoms with E-state index < -0.39 is 5.54 Å². The average molecular weight is 431 g/mol. The van der Waals surface area contributed by atoms with Gasteiger partial charge in [0, 0.05) is 10.9 Å². The number of aromatic nitrogens is 2. The van der Waals surface area contributed by atoms with Crippen molar-refractivity contribution < 1.29 is 4.79 Å². The Balaban J connectivity index is 1.62. The van der Waals surface area contributed by atoms with E-state index in [0.29, 0.717) is 5.16 Å². The molecule has 1 unspecified atom stereocenters. The Morgan fingerprint density at radius 1 is 1.34 bits per heavy atom. The monoisotopic (exact) mass is 430 g/mol. The van der Waals surface area contributed by atoms with Gasteiger partial charge in [0.25, 0.3) is 5.56 Å². The van der Waals surface area contributed by atoms with Gasteiger partial charge in [-0.3, -0.25) is 14.2 Å². The van der Waals surface area contributed by atoms with Crippen LogP contribution in [0.4, 0.5) is 0 Å². The highest BCUT2D eigenvalue weighted by Crippen LogP contribution is 2.39. The average Bonchev–Trinajstić information content (AvgIpc) is 3.35. The molecule has 2 fully saturated rings. The quantitative estimate of drug-likeness (QED) is 0.551. The van der Waals surface area contributed by atoms with Gasteiger partial charge in [0.15, 0.2) is 5.16 Å². The van der Waals surface area contributed by atoms with E-state index in [1.54, 1.807) is 6.92 Å². The van der Waals surface area contributed by atoms with Crippen LogP contribution in [0.2, 0.25) is 0 Å². The Hall–Kier alpha value is -1.85. The summed E-state index contributed by atoms with van der Waals surface area (Å²) in [6.45, 7) is 5.79. The minimum Gasteiger partial charge on any atom is -0.337 e. The van der Waals surface area contributed by atoms with Crippen molar-refractivity contribution in [2.45, 2.75) is 76.0 Å². The second-order valence-corrected chi connectivity index (χ2v) is 10.5. The van der Waals surface area contributed by atoms with Gasteiger partial charge in [-0.15, -0.1) is 11.3 Å². The summed E-state index contributed by atoms with van der Waals surface area (Å²) in [5.74, 6) is 0.208. The third kappa shape index (κ3) is 3.82. The highest BCUT2D eigenvalue weighted by atomic mass is 32.2. The number of fused-ring (bicyclic) bond motifs is 1. The number of hydrogen-bond donors (Lipinski definition) is 1. The summed E-state index contributed by atoms with van der Waals surface area (Å²) in [7, 11) is 0. The summed E-state index contributed by atoms with van der Waals surface area (Å²) >= 11 is 2.84. The van der Waals surface area contributed by atoms with Crippen LogP contribution in [0.25, 0.3) is 10.2 Å². The van der Waals surface area contributed by atoms with Gasteiger partial charge in [-0.2, -0.15) is 5.26 Å². The number of amides is 1. The molecule has 0 spiro atoms. The molecule has 154 valence electrons. The van der Waals surface area contributed by atoms with Gasteiger partial charge >= 0.3 is 0 Å². The minimum atomic E-state index is -0.803. The summed E-state index contributed by atoms with van der Waals surface area (Å²) in [6.07, 6.45) is 6.14. The summed E-state index contributed by atoms with van der Waals surface area (Å²) < 4.78 is 1.83. The zero-order chi connectivity index (χ0) is 20.8. The maximum atomic E-state index is 13.4. The van der Waals surface area contributed by atoms with Gasteiger partial charge in [0.2, 0.25) is 5.91 Å². The van der Waals surface area contributed by atoms with Gasteiger partial charge in [-0.1, -0.05) is 24.6 Å². The molecule has 1 amide bonds. The van der Waals surface area contributed by atoms with Crippen molar-refractivity contribution in [2.24, 2.45) is 5.92 Å². The van der Waals surface area contributed by atoms with Crippen molar-refractivity contribution >= 4 is 39.2 Å². The van der Waals surface area contributed by atoms with Gasteiger partial charge < -0.3 is 5.32 Å². The number of nitriles is 1. The molecule has 2 aliphatic rings. The number of hydrogen-bond acceptors (Lipinski definition) is 6. The van der Waals surface area contributed by atoms with Crippen LogP contribution in [-0.2, 0) is 4.79 Å². The first-order valence-electron chi connectivity index (χ1n) is 10.2. The fourth-order valence-electron chi connectivity index (χ4n) is 4.21. The van der Waals surface area contributed by atoms with Crippen LogP contribution in [0.5, 0.6) is 0 Å². The van der Waals surface area contributed by atoms with Crippen molar-refractivity contribution in [3.05, 3.63) is 20.8 Å². The van der Waals surface area contributed by atoms with E-state index in [0.717, 1.165) is 59.2 Å². The molecule has 0 radical (unpaired) electrons. The third-order valence-corrected chi connectivity index (χ3v) is 8.30. The zero-order valence-electron chi connectivity index (χ0n) is 17.1. The van der Waals surface area contributed by atoms with E-state index in [-0.39, 0.29) is 29.2 Å². The summed E-state index contributed by atoms with van der Waals surface area (Å²) in [4.78, 5) is 32.6. The number of thioether (sulfide) groups is 1. The second kappa shape index (κ2) is 7.77. The first-order chi connectivity index (χ1) is 13.8. The normalized spacial score (nSPS) is 19.2. The van der Waals surface area contributed by atoms with E-state index in [2.05, 4.69) is 11.4 Å². The molecular weight excluding hydrogens is 404 g/mol. The number of aryl methyl sites for hydroxylation is 2. The molecule has 0 aliphatic heterocycles. The first-order valence-corrected chi connectivity index (χ1v) is 12.0. The van der Waals surface area contributed by atoms with Gasteiger partial charge in [0.05, 0.1) is 17.2 Å². The van der Waals surface area contributed by atoms with Crippen LogP contribution >= 0.6 is 23.1 Å². The molecule has 4 rings (SSSR count). The Labute approximate surface area is 178 Å². The predicted molar refractivity (Wildman–Crippen MR) is 116 cm³/mol. The van der Waals surface area contributed by atoms with Gasteiger partial charge in [-0.25, -0.2) is 4.98 Å². The number of thiophene rings is 1. The largest absolute Gasteiger partial charge is 0.337 e. The highest BCUT2D eigenvalue weighted by molar-refractivity contribution is 7.99. The fraction of sp³-hybridized carbons (Fsp3) is 0.619. The van der Waals surface area contributed by atoms with Crippen LogP contribution in [0.3, 0.4) is 0 Å². The molecule has 0 bridgehead atoms. The topological polar surface area (TPSA) is 87.8 Å². The van der Waals surface area contributed by atoms with Gasteiger partial charge in [-0.05, 0) is 57.9 Å². The smallest absolute Gasteiger partial charge is 0.263 e. The Morgan fingerprint density at radius 3 is 2.66 bits per heavy atom. The lowest BCUT2D eigenvalue weighted by molar-refractivity contribution is -0.119. The molecule has 1 atom stereocenters. The molecule has 2 heterocycles. The lowest BCUT2D eigenvalue weighted by Crippen LogP contribution is -2.47. The lowest BCUT2D eigenvalue weighted by Gasteiger charge is -2.23. The number of carbonyl (C=O) groups excluding carboxylic acids is 1. The predicted octanol–water partition coefficient (Wildman–Crippen LogP) is 4.09. The molecule has 6 nitrogen and oxygen atoms in total. The first kappa shape index (κ1) is 20.4. The molecule has 2 aromatic heterocycles. The molecule has 29 heavy (non-hydrogen) atoms. The Morgan fingerprint density at radius 2 is 2.03 bits per heavy atom. The lowest BCUT2D eigenvalue weighted by atomic mass is 9.98. The van der Waals surface area contributed by atoms with Gasteiger partial charge in [0.1, 0.15) is 10.4 Å². The molecule has 2 aromatic rings. The molecule has 2 aliphatic carbocycles. The number of nitrogens with one attached hydrogen (secondary N) is 1. The van der Waals surface area contributed by atoms with Crippen LogP contribution in [0.15, 0.2) is 9.95 Å². The maximum Gasteiger partial charge on any atom is 0.263 e. The number of nitrogens with zero attached hydrogens (tertiary/aromatic N) is 3. The SMILES string of the molecule is Cc1sc2nc(SCC(=O)NC(C)(C#N)C3CC3)n(C3CCCC3)c(=O)c2c1C. The Kier molecular flexibility index (Phi) is 5.47. The van der Waals surface area contributed by atoms with E-state index in [1.165, 1.54) is 23.1 Å². The summed E-state index contributed by atoms with van der Waals surface area (Å²) in [6, 6.07) is 2.41. The summed E-state index contributed by atoms with van der Waals surface area (Å²) in [5.41, 5.74) is 0.228. The third-order valence-electron chi connectivity index (χ3n) is 6.25. The maximum absolute atomic E-state index is 13.4. The molecular formula is C21H26N4O2S2. The molecule has 0 aromatic carbocycles. The van der Waals surface area contributed by atoms with Crippen molar-refractivity contribution in [2.75, 3.05) is 5.75 Å². The van der Waals surface area contributed by atoms with Crippen LogP contribution in [0, 0.1) is 31.1 Å². The van der Waals surface area contributed by atoms with Crippen molar-refractivity contribution in [1.29, 1.82) is 5.26 Å². The van der Waals surface area contributed by atoms with E-state index in [9.17, 15) is 14.9 Å². The Bertz CT molecular complexity index is 1060. The van der Waals surface area contributed by atoms with E-state index >= 15 is 0 Å². The minimum absolute atomic E-state index is 0.0199. The van der Waals surface area contributed by atoms with Crippen molar-refractivity contribution in [1.82, 2.24) is 14.9 Å². The van der Waals surface area contributed by atoms with Crippen LogP contribution in [0.1, 0.15) is 61.9 Å². The van der Waals surface area contributed by atoms with Crippen molar-refractivity contribution in [3.63, 3.8) is 0 Å². The van der Waals surface area contributed by atoms with Crippen LogP contribution in [-0.4, -0.2) is 26.8 Å². The molecule has 1 N–H and O–H groups in total. The molecule has 8 heteroatoms. The zero-order valence-corrected chi connectivity index (χ0v) is 18.7. The second-order valence-electron chi connectivity index (χ2n) is 8.40. The fourth-order valence-corrected chi connectivity index (χ4v) is 6.15. The van der Waals surface area contributed by atoms with Crippen molar-refractivity contribution in [3.8, 4) is 6.07 Å². The summed E-state index contributed by atoms with van der Waals surface area (Å²) in [5, 5.41) is 13.7.